The lowest BCUT2D eigenvalue weighted by atomic mass is 9.97. The first-order chi connectivity index (χ1) is 15.3. The van der Waals surface area contributed by atoms with Crippen molar-refractivity contribution >= 4 is 16.8 Å². The maximum atomic E-state index is 12.5. The smallest absolute Gasteiger partial charge is 0.273 e. The molecule has 0 radical (unpaired) electrons. The molecule has 0 bridgehead atoms. The van der Waals surface area contributed by atoms with E-state index in [4.69, 9.17) is 14.0 Å². The predicted molar refractivity (Wildman–Crippen MR) is 114 cm³/mol. The molecule has 1 atom stereocenters. The first-order valence-electron chi connectivity index (χ1n) is 10.2. The van der Waals surface area contributed by atoms with E-state index in [1.54, 1.807) is 12.3 Å². The van der Waals surface area contributed by atoms with E-state index in [0.717, 1.165) is 22.9 Å². The lowest BCUT2D eigenvalue weighted by Gasteiger charge is -2.26. The van der Waals surface area contributed by atoms with Crippen molar-refractivity contribution in [3.8, 4) is 5.75 Å². The fourth-order valence-corrected chi connectivity index (χ4v) is 3.71. The molecule has 2 aromatic carbocycles. The van der Waals surface area contributed by atoms with E-state index >= 15 is 0 Å². The van der Waals surface area contributed by atoms with E-state index in [9.17, 15) is 4.79 Å². The lowest BCUT2D eigenvalue weighted by Crippen LogP contribution is -2.32. The van der Waals surface area contributed by atoms with Crippen molar-refractivity contribution in [1.82, 2.24) is 15.5 Å². The van der Waals surface area contributed by atoms with Gasteiger partial charge >= 0.3 is 0 Å². The molecular formula is C24H21N3O4. The summed E-state index contributed by atoms with van der Waals surface area (Å²) in [6.45, 7) is 1.19. The van der Waals surface area contributed by atoms with Gasteiger partial charge in [0.2, 0.25) is 0 Å². The summed E-state index contributed by atoms with van der Waals surface area (Å²) in [5.41, 5.74) is 3.50. The number of hydrogen-bond acceptors (Lipinski definition) is 6. The average Bonchev–Trinajstić information content (AvgIpc) is 3.30. The number of fused-ring (bicyclic) bond motifs is 2. The van der Waals surface area contributed by atoms with Crippen LogP contribution in [0.15, 0.2) is 71.4 Å². The molecule has 156 valence electrons. The topological polar surface area (TPSA) is 86.5 Å². The van der Waals surface area contributed by atoms with Crippen molar-refractivity contribution < 1.29 is 18.8 Å². The minimum Gasteiger partial charge on any atom is -0.486 e. The molecule has 7 nitrogen and oxygen atoms in total. The van der Waals surface area contributed by atoms with E-state index < -0.39 is 0 Å². The van der Waals surface area contributed by atoms with Crippen LogP contribution in [0.25, 0.3) is 10.9 Å². The first kappa shape index (κ1) is 19.3. The van der Waals surface area contributed by atoms with Crippen molar-refractivity contribution in [2.75, 3.05) is 13.2 Å². The van der Waals surface area contributed by atoms with Gasteiger partial charge in [0.1, 0.15) is 18.5 Å². The van der Waals surface area contributed by atoms with Crippen molar-refractivity contribution in [3.63, 3.8) is 0 Å². The van der Waals surface area contributed by atoms with E-state index in [0.29, 0.717) is 24.7 Å². The highest BCUT2D eigenvalue weighted by atomic mass is 16.5. The number of aromatic nitrogens is 2. The van der Waals surface area contributed by atoms with Gasteiger partial charge in [0.25, 0.3) is 5.91 Å². The summed E-state index contributed by atoms with van der Waals surface area (Å²) in [5.74, 6) is 0.852. The summed E-state index contributed by atoms with van der Waals surface area (Å²) in [4.78, 5) is 16.8. The molecule has 1 N–H and O–H groups in total. The standard InChI is InChI=1S/C24H21N3O4/c28-24(26-14-23-20-6-2-1-4-16(20)9-11-29-23)22-13-19(31-27-22)15-30-18-7-8-21-17(12-18)5-3-10-25-21/h1-8,10,12-13,23H,9,11,14-15H2,(H,26,28). The summed E-state index contributed by atoms with van der Waals surface area (Å²) < 4.78 is 16.9. The molecule has 3 heterocycles. The van der Waals surface area contributed by atoms with Gasteiger partial charge in [0, 0.05) is 24.2 Å². The molecule has 0 fully saturated rings. The van der Waals surface area contributed by atoms with Gasteiger partial charge in [-0.3, -0.25) is 9.78 Å². The van der Waals surface area contributed by atoms with Crippen LogP contribution in [0.3, 0.4) is 0 Å². The molecule has 1 unspecified atom stereocenters. The van der Waals surface area contributed by atoms with E-state index in [1.165, 1.54) is 5.56 Å². The summed E-state index contributed by atoms with van der Waals surface area (Å²) in [7, 11) is 0. The van der Waals surface area contributed by atoms with Gasteiger partial charge < -0.3 is 19.3 Å². The third kappa shape index (κ3) is 4.27. The number of benzene rings is 2. The molecular weight excluding hydrogens is 394 g/mol. The number of rotatable bonds is 6. The Labute approximate surface area is 179 Å². The van der Waals surface area contributed by atoms with Crippen LogP contribution in [-0.4, -0.2) is 29.2 Å². The molecule has 0 aliphatic carbocycles. The summed E-state index contributed by atoms with van der Waals surface area (Å²) >= 11 is 0. The Morgan fingerprint density at radius 1 is 1.13 bits per heavy atom. The van der Waals surface area contributed by atoms with Crippen LogP contribution in [0.4, 0.5) is 0 Å². The highest BCUT2D eigenvalue weighted by Gasteiger charge is 2.22. The number of nitrogens with one attached hydrogen (secondary N) is 1. The van der Waals surface area contributed by atoms with Crippen molar-refractivity contribution in [2.24, 2.45) is 0 Å². The van der Waals surface area contributed by atoms with Crippen LogP contribution in [-0.2, 0) is 17.8 Å². The number of carbonyl (C=O) groups is 1. The second-order valence-corrected chi connectivity index (χ2v) is 7.34. The highest BCUT2D eigenvalue weighted by Crippen LogP contribution is 2.26. The van der Waals surface area contributed by atoms with E-state index in [2.05, 4.69) is 21.5 Å². The molecule has 2 aromatic heterocycles. The third-order valence-electron chi connectivity index (χ3n) is 5.29. The van der Waals surface area contributed by atoms with E-state index in [1.807, 2.05) is 48.5 Å². The number of hydrogen-bond donors (Lipinski definition) is 1. The van der Waals surface area contributed by atoms with Crippen molar-refractivity contribution in [3.05, 3.63) is 89.4 Å². The number of carbonyl (C=O) groups excluding carboxylic acids is 1. The Morgan fingerprint density at radius 3 is 3.03 bits per heavy atom. The quantitative estimate of drug-likeness (QED) is 0.515. The maximum Gasteiger partial charge on any atom is 0.273 e. The normalized spacial score (nSPS) is 15.4. The molecule has 1 aliphatic heterocycles. The molecule has 31 heavy (non-hydrogen) atoms. The Bertz CT molecular complexity index is 1220. The molecule has 5 rings (SSSR count). The Hall–Kier alpha value is -3.71. The fraction of sp³-hybridized carbons (Fsp3) is 0.208. The summed E-state index contributed by atoms with van der Waals surface area (Å²) in [6, 6.07) is 19.2. The third-order valence-corrected chi connectivity index (χ3v) is 5.29. The molecule has 1 amide bonds. The molecule has 1 aliphatic rings. The van der Waals surface area contributed by atoms with Gasteiger partial charge in [-0.25, -0.2) is 0 Å². The lowest BCUT2D eigenvalue weighted by molar-refractivity contribution is 0.0410. The highest BCUT2D eigenvalue weighted by molar-refractivity contribution is 5.92. The van der Waals surface area contributed by atoms with Gasteiger partial charge in [-0.05, 0) is 41.8 Å². The summed E-state index contributed by atoms with van der Waals surface area (Å²) in [6.07, 6.45) is 2.48. The van der Waals surface area contributed by atoms with Crippen LogP contribution in [0.1, 0.15) is 33.5 Å². The average molecular weight is 415 g/mol. The van der Waals surface area contributed by atoms with Gasteiger partial charge in [0.05, 0.1) is 12.1 Å². The number of ether oxygens (including phenoxy) is 2. The van der Waals surface area contributed by atoms with Gasteiger partial charge in [-0.1, -0.05) is 35.5 Å². The monoisotopic (exact) mass is 415 g/mol. The van der Waals surface area contributed by atoms with Crippen molar-refractivity contribution in [2.45, 2.75) is 19.1 Å². The van der Waals surface area contributed by atoms with Gasteiger partial charge in [-0.2, -0.15) is 0 Å². The second-order valence-electron chi connectivity index (χ2n) is 7.34. The molecule has 0 spiro atoms. The van der Waals surface area contributed by atoms with Crippen LogP contribution in [0.5, 0.6) is 5.75 Å². The molecule has 0 saturated heterocycles. The largest absolute Gasteiger partial charge is 0.486 e. The SMILES string of the molecule is O=C(NCC1OCCc2ccccc21)c1cc(COc2ccc3ncccc3c2)on1. The minimum absolute atomic E-state index is 0.161. The van der Waals surface area contributed by atoms with Gasteiger partial charge in [-0.15, -0.1) is 0 Å². The van der Waals surface area contributed by atoms with E-state index in [-0.39, 0.29) is 24.3 Å². The minimum atomic E-state index is -0.307. The number of amides is 1. The van der Waals surface area contributed by atoms with Crippen LogP contribution < -0.4 is 10.1 Å². The van der Waals surface area contributed by atoms with Crippen LogP contribution in [0.2, 0.25) is 0 Å². The first-order valence-corrected chi connectivity index (χ1v) is 10.2. The Balaban J connectivity index is 1.18. The predicted octanol–water partition coefficient (Wildman–Crippen LogP) is 3.85. The Morgan fingerprint density at radius 2 is 2.06 bits per heavy atom. The fourth-order valence-electron chi connectivity index (χ4n) is 3.71. The van der Waals surface area contributed by atoms with Gasteiger partial charge in [0.15, 0.2) is 11.5 Å². The zero-order chi connectivity index (χ0) is 21.0. The zero-order valence-electron chi connectivity index (χ0n) is 16.8. The number of nitrogens with zero attached hydrogens (tertiary/aromatic N) is 2. The van der Waals surface area contributed by atoms with Crippen LogP contribution in [0, 0.1) is 0 Å². The molecule has 0 saturated carbocycles. The Kier molecular flexibility index (Phi) is 5.33. The maximum absolute atomic E-state index is 12.5. The second kappa shape index (κ2) is 8.57. The van der Waals surface area contributed by atoms with Crippen molar-refractivity contribution in [1.29, 1.82) is 0 Å². The zero-order valence-corrected chi connectivity index (χ0v) is 16.8. The molecule has 4 aromatic rings. The summed E-state index contributed by atoms with van der Waals surface area (Å²) in [5, 5.41) is 7.74. The van der Waals surface area contributed by atoms with Crippen LogP contribution >= 0.6 is 0 Å². The molecule has 7 heteroatoms. The number of pyridine rings is 1.